The number of piperazine rings is 1. The number of aromatic nitrogens is 1. The van der Waals surface area contributed by atoms with Crippen molar-refractivity contribution >= 4 is 0 Å². The van der Waals surface area contributed by atoms with Gasteiger partial charge in [-0.1, -0.05) is 0 Å². The molecule has 5 heteroatoms. The molecule has 2 rings (SSSR count). The summed E-state index contributed by atoms with van der Waals surface area (Å²) in [6, 6.07) is 2.26. The second kappa shape index (κ2) is 7.20. The van der Waals surface area contributed by atoms with Gasteiger partial charge in [-0.3, -0.25) is 4.98 Å². The first-order valence-corrected chi connectivity index (χ1v) is 7.64. The molecule has 0 bridgehead atoms. The van der Waals surface area contributed by atoms with E-state index in [-0.39, 0.29) is 6.10 Å². The topological polar surface area (TPSA) is 48.8 Å². The van der Waals surface area contributed by atoms with Gasteiger partial charge in [0.05, 0.1) is 18.4 Å². The van der Waals surface area contributed by atoms with Crippen LogP contribution in [0.1, 0.15) is 31.9 Å². The van der Waals surface area contributed by atoms with Crippen molar-refractivity contribution in [1.29, 1.82) is 0 Å². The predicted molar refractivity (Wildman–Crippen MR) is 83.5 cm³/mol. The number of aliphatic hydroxyl groups excluding tert-OH is 1. The average Bonchev–Trinajstić information content (AvgIpc) is 2.42. The van der Waals surface area contributed by atoms with Crippen LogP contribution in [0.4, 0.5) is 0 Å². The maximum Gasteiger partial charge on any atom is 0.138 e. The normalized spacial score (nSPS) is 22.5. The number of hydrogen-bond acceptors (Lipinski definition) is 5. The molecule has 118 valence electrons. The van der Waals surface area contributed by atoms with Crippen molar-refractivity contribution in [3.05, 3.63) is 24.0 Å². The van der Waals surface area contributed by atoms with Crippen LogP contribution in [0.15, 0.2) is 18.5 Å². The smallest absolute Gasteiger partial charge is 0.138 e. The molecule has 2 atom stereocenters. The molecule has 1 saturated heterocycles. The zero-order chi connectivity index (χ0) is 15.4. The average molecular weight is 293 g/mol. The minimum atomic E-state index is -0.507. The third-order valence-corrected chi connectivity index (χ3v) is 3.97. The molecule has 0 spiro atoms. The summed E-state index contributed by atoms with van der Waals surface area (Å²) in [5.74, 6) is 0.718. The number of ether oxygens (including phenoxy) is 1. The number of aliphatic hydroxyl groups is 1. The highest BCUT2D eigenvalue weighted by molar-refractivity contribution is 5.25. The van der Waals surface area contributed by atoms with Crippen molar-refractivity contribution in [2.45, 2.75) is 38.5 Å². The molecule has 2 unspecified atom stereocenters. The van der Waals surface area contributed by atoms with Crippen LogP contribution in [0.5, 0.6) is 5.75 Å². The summed E-state index contributed by atoms with van der Waals surface area (Å²) < 4.78 is 5.64. The Morgan fingerprint density at radius 2 is 2.10 bits per heavy atom. The fourth-order valence-electron chi connectivity index (χ4n) is 2.70. The zero-order valence-corrected chi connectivity index (χ0v) is 13.5. The van der Waals surface area contributed by atoms with Crippen LogP contribution in [0.3, 0.4) is 0 Å². The van der Waals surface area contributed by atoms with Crippen LogP contribution in [-0.2, 0) is 0 Å². The fraction of sp³-hybridized carbons (Fsp3) is 0.688. The van der Waals surface area contributed by atoms with Gasteiger partial charge in [0.2, 0.25) is 0 Å². The Morgan fingerprint density at radius 1 is 1.33 bits per heavy atom. The van der Waals surface area contributed by atoms with E-state index in [0.717, 1.165) is 30.9 Å². The second-order valence-corrected chi connectivity index (χ2v) is 6.27. The van der Waals surface area contributed by atoms with Gasteiger partial charge >= 0.3 is 0 Å². The number of likely N-dealkylation sites (N-methyl/N-ethyl adjacent to an activating group) is 2. The van der Waals surface area contributed by atoms with Gasteiger partial charge < -0.3 is 19.6 Å². The monoisotopic (exact) mass is 293 g/mol. The van der Waals surface area contributed by atoms with Gasteiger partial charge in [0.15, 0.2) is 0 Å². The Hall–Kier alpha value is -1.17. The molecule has 1 aliphatic heterocycles. The maximum atomic E-state index is 10.5. The molecule has 1 N–H and O–H groups in total. The highest BCUT2D eigenvalue weighted by Crippen LogP contribution is 2.24. The highest BCUT2D eigenvalue weighted by Gasteiger charge is 2.25. The molecule has 1 aliphatic rings. The van der Waals surface area contributed by atoms with E-state index >= 15 is 0 Å². The summed E-state index contributed by atoms with van der Waals surface area (Å²) in [4.78, 5) is 8.81. The van der Waals surface area contributed by atoms with Gasteiger partial charge in [-0.25, -0.2) is 0 Å². The molecule has 0 radical (unpaired) electrons. The van der Waals surface area contributed by atoms with Crippen molar-refractivity contribution in [2.75, 3.05) is 33.7 Å². The number of pyridine rings is 1. The quantitative estimate of drug-likeness (QED) is 0.892. The molecule has 0 aromatic carbocycles. The van der Waals surface area contributed by atoms with Crippen LogP contribution in [0.2, 0.25) is 0 Å². The van der Waals surface area contributed by atoms with Crippen molar-refractivity contribution in [3.63, 3.8) is 0 Å². The van der Waals surface area contributed by atoms with Crippen LogP contribution >= 0.6 is 0 Å². The predicted octanol–water partition coefficient (Wildman–Crippen LogP) is 1.54. The first-order valence-electron chi connectivity index (χ1n) is 7.64. The lowest BCUT2D eigenvalue weighted by molar-refractivity contribution is 0.0632. The lowest BCUT2D eigenvalue weighted by Crippen LogP contribution is -2.50. The van der Waals surface area contributed by atoms with E-state index < -0.39 is 6.10 Å². The largest absolute Gasteiger partial charge is 0.489 e. The van der Waals surface area contributed by atoms with Gasteiger partial charge in [-0.15, -0.1) is 0 Å². The Kier molecular flexibility index (Phi) is 5.56. The molecule has 5 nitrogen and oxygen atoms in total. The van der Waals surface area contributed by atoms with E-state index in [4.69, 9.17) is 4.74 Å². The Bertz CT molecular complexity index is 453. The zero-order valence-electron chi connectivity index (χ0n) is 13.5. The van der Waals surface area contributed by atoms with E-state index in [1.165, 1.54) is 0 Å². The van der Waals surface area contributed by atoms with Gasteiger partial charge in [-0.05, 0) is 40.4 Å². The minimum absolute atomic E-state index is 0.109. The highest BCUT2D eigenvalue weighted by atomic mass is 16.5. The molecule has 1 fully saturated rings. The van der Waals surface area contributed by atoms with E-state index in [1.807, 2.05) is 19.9 Å². The summed E-state index contributed by atoms with van der Waals surface area (Å²) in [7, 11) is 4.26. The minimum Gasteiger partial charge on any atom is -0.489 e. The Morgan fingerprint density at radius 3 is 2.81 bits per heavy atom. The molecule has 1 aromatic heterocycles. The number of hydrogen-bond donors (Lipinski definition) is 1. The van der Waals surface area contributed by atoms with Crippen molar-refractivity contribution in [3.8, 4) is 5.75 Å². The van der Waals surface area contributed by atoms with Crippen molar-refractivity contribution in [1.82, 2.24) is 14.8 Å². The van der Waals surface area contributed by atoms with Crippen molar-refractivity contribution in [2.24, 2.45) is 0 Å². The van der Waals surface area contributed by atoms with Crippen LogP contribution in [0, 0.1) is 0 Å². The maximum absolute atomic E-state index is 10.5. The van der Waals surface area contributed by atoms with Gasteiger partial charge in [0.1, 0.15) is 5.75 Å². The number of rotatable bonds is 5. The Balaban J connectivity index is 2.00. The van der Waals surface area contributed by atoms with Gasteiger partial charge in [0, 0.05) is 37.4 Å². The first kappa shape index (κ1) is 16.2. The lowest BCUT2D eigenvalue weighted by atomic mass is 10.0. The molecule has 0 saturated carbocycles. The molecule has 1 aromatic rings. The molecule has 21 heavy (non-hydrogen) atoms. The molecule has 2 heterocycles. The summed E-state index contributed by atoms with van der Waals surface area (Å²) in [5.41, 5.74) is 0.828. The molecular formula is C16H27N3O2. The first-order chi connectivity index (χ1) is 9.95. The number of nitrogens with zero attached hydrogens (tertiary/aromatic N) is 3. The molecule has 0 aliphatic carbocycles. The summed E-state index contributed by atoms with van der Waals surface area (Å²) in [6.45, 7) is 7.08. The summed E-state index contributed by atoms with van der Waals surface area (Å²) >= 11 is 0. The van der Waals surface area contributed by atoms with E-state index in [1.54, 1.807) is 12.4 Å². The van der Waals surface area contributed by atoms with Gasteiger partial charge in [0.25, 0.3) is 0 Å². The van der Waals surface area contributed by atoms with Crippen molar-refractivity contribution < 1.29 is 9.84 Å². The molecule has 0 amide bonds. The van der Waals surface area contributed by atoms with Gasteiger partial charge in [-0.2, -0.15) is 0 Å². The molecular weight excluding hydrogens is 266 g/mol. The van der Waals surface area contributed by atoms with Crippen LogP contribution in [0.25, 0.3) is 0 Å². The standard InChI is InChI=1S/C16H27N3O2/c1-12(2)21-15-7-13(9-17-10-15)16(20)8-14-11-18(3)5-6-19(14)4/h7,9-10,12,14,16,20H,5-6,8,11H2,1-4H3. The summed E-state index contributed by atoms with van der Waals surface area (Å²) in [6.07, 6.45) is 3.74. The second-order valence-electron chi connectivity index (χ2n) is 6.27. The Labute approximate surface area is 127 Å². The third kappa shape index (κ3) is 4.66. The SMILES string of the molecule is CC(C)Oc1cncc(C(O)CC2CN(C)CCN2C)c1. The fourth-order valence-corrected chi connectivity index (χ4v) is 2.70. The van der Waals surface area contributed by atoms with E-state index in [2.05, 4.69) is 28.9 Å². The van der Waals surface area contributed by atoms with Crippen LogP contribution in [-0.4, -0.2) is 65.8 Å². The van der Waals surface area contributed by atoms with E-state index in [9.17, 15) is 5.11 Å². The summed E-state index contributed by atoms with van der Waals surface area (Å²) in [5, 5.41) is 10.5. The van der Waals surface area contributed by atoms with E-state index in [0.29, 0.717) is 12.5 Å². The van der Waals surface area contributed by atoms with Crippen LogP contribution < -0.4 is 4.74 Å². The lowest BCUT2D eigenvalue weighted by Gasteiger charge is -2.38. The third-order valence-electron chi connectivity index (χ3n) is 3.97.